The standard InChI is InChI=1S/C8H9N5OS2/c1-5-12-13-8(16-5)11-6(14)4-15-7-9-2-3-10-7/h2-3H,4H2,1H3,(H,9,10)(H,11,13,14). The number of aryl methyl sites for hydroxylation is 1. The highest BCUT2D eigenvalue weighted by Gasteiger charge is 2.07. The van der Waals surface area contributed by atoms with Crippen molar-refractivity contribution < 1.29 is 4.79 Å². The van der Waals surface area contributed by atoms with E-state index < -0.39 is 0 Å². The third kappa shape index (κ3) is 3.04. The van der Waals surface area contributed by atoms with Crippen LogP contribution in [0, 0.1) is 6.92 Å². The largest absolute Gasteiger partial charge is 0.340 e. The van der Waals surface area contributed by atoms with Crippen molar-refractivity contribution in [3.05, 3.63) is 17.4 Å². The second-order valence-corrected chi connectivity index (χ2v) is 5.00. The second-order valence-electron chi connectivity index (χ2n) is 2.86. The topological polar surface area (TPSA) is 83.6 Å². The van der Waals surface area contributed by atoms with Crippen LogP contribution < -0.4 is 5.32 Å². The quantitative estimate of drug-likeness (QED) is 0.804. The van der Waals surface area contributed by atoms with Crippen molar-refractivity contribution in [2.45, 2.75) is 12.1 Å². The van der Waals surface area contributed by atoms with Crippen LogP contribution in [0.2, 0.25) is 0 Å². The van der Waals surface area contributed by atoms with E-state index in [0.29, 0.717) is 10.9 Å². The first-order valence-corrected chi connectivity index (χ1v) is 6.26. The molecule has 0 aromatic carbocycles. The van der Waals surface area contributed by atoms with Crippen molar-refractivity contribution in [3.63, 3.8) is 0 Å². The summed E-state index contributed by atoms with van der Waals surface area (Å²) in [5.74, 6) is 0.184. The molecular formula is C8H9N5OS2. The van der Waals surface area contributed by atoms with Gasteiger partial charge in [0.1, 0.15) is 5.01 Å². The summed E-state index contributed by atoms with van der Waals surface area (Å²) in [5.41, 5.74) is 0. The molecular weight excluding hydrogens is 246 g/mol. The maximum absolute atomic E-state index is 11.5. The molecule has 0 aliphatic rings. The van der Waals surface area contributed by atoms with E-state index in [1.54, 1.807) is 12.4 Å². The summed E-state index contributed by atoms with van der Waals surface area (Å²) in [5, 5.41) is 12.4. The molecule has 0 fully saturated rings. The predicted molar refractivity (Wildman–Crippen MR) is 62.6 cm³/mol. The smallest absolute Gasteiger partial charge is 0.236 e. The van der Waals surface area contributed by atoms with Crippen molar-refractivity contribution in [1.82, 2.24) is 20.2 Å². The molecule has 0 aliphatic carbocycles. The van der Waals surface area contributed by atoms with Crippen LogP contribution in [0.25, 0.3) is 0 Å². The van der Waals surface area contributed by atoms with E-state index in [2.05, 4.69) is 25.5 Å². The monoisotopic (exact) mass is 255 g/mol. The van der Waals surface area contributed by atoms with Crippen molar-refractivity contribution in [3.8, 4) is 0 Å². The molecule has 0 radical (unpaired) electrons. The lowest BCUT2D eigenvalue weighted by molar-refractivity contribution is -0.113. The van der Waals surface area contributed by atoms with Gasteiger partial charge in [0.15, 0.2) is 5.16 Å². The van der Waals surface area contributed by atoms with Gasteiger partial charge >= 0.3 is 0 Å². The first-order valence-electron chi connectivity index (χ1n) is 4.46. The Morgan fingerprint density at radius 2 is 2.50 bits per heavy atom. The van der Waals surface area contributed by atoms with Crippen LogP contribution in [0.3, 0.4) is 0 Å². The molecule has 8 heteroatoms. The summed E-state index contributed by atoms with van der Waals surface area (Å²) in [7, 11) is 0. The first kappa shape index (κ1) is 11.1. The maximum Gasteiger partial charge on any atom is 0.236 e. The molecule has 0 spiro atoms. The highest BCUT2D eigenvalue weighted by atomic mass is 32.2. The third-order valence-corrected chi connectivity index (χ3v) is 3.24. The number of carbonyl (C=O) groups excluding carboxylic acids is 1. The summed E-state index contributed by atoms with van der Waals surface area (Å²) >= 11 is 2.69. The van der Waals surface area contributed by atoms with Crippen LogP contribution in [0.15, 0.2) is 17.6 Å². The molecule has 1 amide bonds. The van der Waals surface area contributed by atoms with E-state index in [1.807, 2.05) is 6.92 Å². The Balaban J connectivity index is 1.81. The molecule has 16 heavy (non-hydrogen) atoms. The lowest BCUT2D eigenvalue weighted by atomic mass is 10.7. The van der Waals surface area contributed by atoms with Gasteiger partial charge in [-0.15, -0.1) is 10.2 Å². The van der Waals surface area contributed by atoms with Gasteiger partial charge in [0.2, 0.25) is 11.0 Å². The Labute approximate surface area is 99.9 Å². The zero-order chi connectivity index (χ0) is 11.4. The maximum atomic E-state index is 11.5. The number of anilines is 1. The average Bonchev–Trinajstić information content (AvgIpc) is 2.87. The van der Waals surface area contributed by atoms with Gasteiger partial charge in [0, 0.05) is 12.4 Å². The van der Waals surface area contributed by atoms with E-state index in [4.69, 9.17) is 0 Å². The fraction of sp³-hybridized carbons (Fsp3) is 0.250. The van der Waals surface area contributed by atoms with Crippen LogP contribution in [0.4, 0.5) is 5.13 Å². The van der Waals surface area contributed by atoms with Gasteiger partial charge in [0.05, 0.1) is 5.75 Å². The molecule has 2 aromatic rings. The molecule has 0 unspecified atom stereocenters. The molecule has 0 saturated heterocycles. The van der Waals surface area contributed by atoms with Gasteiger partial charge in [-0.3, -0.25) is 10.1 Å². The third-order valence-electron chi connectivity index (χ3n) is 1.59. The highest BCUT2D eigenvalue weighted by molar-refractivity contribution is 7.99. The molecule has 0 bridgehead atoms. The first-order chi connectivity index (χ1) is 7.74. The number of carbonyl (C=O) groups is 1. The van der Waals surface area contributed by atoms with Crippen molar-refractivity contribution in [2.24, 2.45) is 0 Å². The van der Waals surface area contributed by atoms with Gasteiger partial charge in [-0.1, -0.05) is 23.1 Å². The Hall–Kier alpha value is -1.41. The molecule has 0 saturated carbocycles. The summed E-state index contributed by atoms with van der Waals surface area (Å²) in [4.78, 5) is 18.4. The van der Waals surface area contributed by atoms with Gasteiger partial charge in [0.25, 0.3) is 0 Å². The fourth-order valence-electron chi connectivity index (χ4n) is 0.966. The molecule has 2 aromatic heterocycles. The number of rotatable bonds is 4. The molecule has 2 rings (SSSR count). The molecule has 2 N–H and O–H groups in total. The van der Waals surface area contributed by atoms with E-state index in [-0.39, 0.29) is 5.91 Å². The van der Waals surface area contributed by atoms with E-state index >= 15 is 0 Å². The number of thioether (sulfide) groups is 1. The van der Waals surface area contributed by atoms with Gasteiger partial charge < -0.3 is 4.98 Å². The number of nitrogens with one attached hydrogen (secondary N) is 2. The lowest BCUT2D eigenvalue weighted by Crippen LogP contribution is -2.13. The summed E-state index contributed by atoms with van der Waals surface area (Å²) in [6.45, 7) is 1.84. The Bertz CT molecular complexity index is 466. The van der Waals surface area contributed by atoms with E-state index in [0.717, 1.165) is 10.2 Å². The minimum Gasteiger partial charge on any atom is -0.340 e. The Morgan fingerprint density at radius 3 is 3.12 bits per heavy atom. The number of H-pyrrole nitrogens is 1. The predicted octanol–water partition coefficient (Wildman–Crippen LogP) is 1.30. The number of amides is 1. The van der Waals surface area contributed by atoms with Crippen LogP contribution in [0.1, 0.15) is 5.01 Å². The van der Waals surface area contributed by atoms with Gasteiger partial charge in [-0.2, -0.15) is 0 Å². The van der Waals surface area contributed by atoms with Crippen LogP contribution >= 0.6 is 23.1 Å². The molecule has 2 heterocycles. The van der Waals surface area contributed by atoms with E-state index in [9.17, 15) is 4.79 Å². The average molecular weight is 255 g/mol. The number of aromatic amines is 1. The normalized spacial score (nSPS) is 10.3. The number of nitrogens with zero attached hydrogens (tertiary/aromatic N) is 3. The molecule has 0 atom stereocenters. The van der Waals surface area contributed by atoms with Gasteiger partial charge in [-0.25, -0.2) is 4.98 Å². The molecule has 6 nitrogen and oxygen atoms in total. The number of aromatic nitrogens is 4. The van der Waals surface area contributed by atoms with Crippen LogP contribution in [-0.2, 0) is 4.79 Å². The summed E-state index contributed by atoms with van der Waals surface area (Å²) in [6.07, 6.45) is 3.36. The fourth-order valence-corrected chi connectivity index (χ4v) is 2.20. The Morgan fingerprint density at radius 1 is 1.62 bits per heavy atom. The summed E-state index contributed by atoms with van der Waals surface area (Å²) < 4.78 is 0. The highest BCUT2D eigenvalue weighted by Crippen LogP contribution is 2.15. The minimum atomic E-state index is -0.113. The SMILES string of the molecule is Cc1nnc(NC(=O)CSc2ncc[nH]2)s1. The van der Waals surface area contributed by atoms with Crippen molar-refractivity contribution >= 4 is 34.1 Å². The van der Waals surface area contributed by atoms with Crippen LogP contribution in [-0.4, -0.2) is 31.8 Å². The molecule has 0 aliphatic heterocycles. The lowest BCUT2D eigenvalue weighted by Gasteiger charge is -1.98. The van der Waals surface area contributed by atoms with E-state index in [1.165, 1.54) is 23.1 Å². The molecule has 84 valence electrons. The Kier molecular flexibility index (Phi) is 3.52. The zero-order valence-corrected chi connectivity index (χ0v) is 10.1. The zero-order valence-electron chi connectivity index (χ0n) is 8.43. The number of imidazole rings is 1. The van der Waals surface area contributed by atoms with Crippen molar-refractivity contribution in [2.75, 3.05) is 11.1 Å². The van der Waals surface area contributed by atoms with Crippen molar-refractivity contribution in [1.29, 1.82) is 0 Å². The van der Waals surface area contributed by atoms with Gasteiger partial charge in [-0.05, 0) is 6.92 Å². The minimum absolute atomic E-state index is 0.113. The van der Waals surface area contributed by atoms with Crippen LogP contribution in [0.5, 0.6) is 0 Å². The number of hydrogen-bond acceptors (Lipinski definition) is 6. The summed E-state index contributed by atoms with van der Waals surface area (Å²) in [6, 6.07) is 0. The number of hydrogen-bond donors (Lipinski definition) is 2. The second kappa shape index (κ2) is 5.08.